The summed E-state index contributed by atoms with van der Waals surface area (Å²) in [5.74, 6) is 3.85. The highest BCUT2D eigenvalue weighted by Gasteiger charge is 2.18. The van der Waals surface area contributed by atoms with Crippen LogP contribution in [0.15, 0.2) is 0 Å². The van der Waals surface area contributed by atoms with Crippen molar-refractivity contribution in [2.75, 3.05) is 0 Å². The number of carbonyl (C=O) groups is 1. The van der Waals surface area contributed by atoms with Crippen LogP contribution >= 0.6 is 0 Å². The predicted molar refractivity (Wildman–Crippen MR) is 30.0 cm³/mol. The summed E-state index contributed by atoms with van der Waals surface area (Å²) in [7, 11) is 0. The van der Waals surface area contributed by atoms with Gasteiger partial charge in [0.1, 0.15) is 0 Å². The Morgan fingerprint density at radius 1 is 1.67 bits per heavy atom. The molecule has 0 aromatic rings. The molecule has 0 radical (unpaired) electrons. The molecule has 0 aliphatic rings. The molecule has 0 aromatic carbocycles. The van der Waals surface area contributed by atoms with Crippen molar-refractivity contribution in [3.05, 3.63) is 0 Å². The number of hydrogen-bond donors (Lipinski definition) is 4. The predicted octanol–water partition coefficient (Wildman–Crippen LogP) is -2.28. The fourth-order valence-corrected chi connectivity index (χ4v) is 0.304. The van der Waals surface area contributed by atoms with Crippen LogP contribution in [0, 0.1) is 0 Å². The van der Waals surface area contributed by atoms with Crippen molar-refractivity contribution in [3.63, 3.8) is 0 Å². The zero-order valence-corrected chi connectivity index (χ0v) is 5.03. The first-order chi connectivity index (χ1) is 4.09. The standard InChI is InChI=1S/C4H10N2O3/c1-2(7)3(8)4(9)6-5/h2-3,7-8H,5H2,1H3,(H,6,9)/t2-,3+/m1/s1. The van der Waals surface area contributed by atoms with Gasteiger partial charge in [-0.2, -0.15) is 0 Å². The van der Waals surface area contributed by atoms with E-state index in [1.165, 1.54) is 6.92 Å². The van der Waals surface area contributed by atoms with Gasteiger partial charge in [0.2, 0.25) is 0 Å². The van der Waals surface area contributed by atoms with Crippen molar-refractivity contribution >= 4 is 5.91 Å². The topological polar surface area (TPSA) is 95.6 Å². The number of rotatable bonds is 2. The number of amides is 1. The van der Waals surface area contributed by atoms with E-state index in [2.05, 4.69) is 5.84 Å². The summed E-state index contributed by atoms with van der Waals surface area (Å²) in [6, 6.07) is 0. The number of hydrogen-bond acceptors (Lipinski definition) is 4. The minimum atomic E-state index is -1.44. The van der Waals surface area contributed by atoms with E-state index in [-0.39, 0.29) is 0 Å². The van der Waals surface area contributed by atoms with E-state index in [0.717, 1.165) is 0 Å². The Balaban J connectivity index is 3.72. The quantitative estimate of drug-likeness (QED) is 0.194. The summed E-state index contributed by atoms with van der Waals surface area (Å²) in [4.78, 5) is 10.3. The highest BCUT2D eigenvalue weighted by atomic mass is 16.3. The molecule has 0 rings (SSSR count). The molecular formula is C4H10N2O3. The van der Waals surface area contributed by atoms with E-state index < -0.39 is 18.1 Å². The van der Waals surface area contributed by atoms with Gasteiger partial charge in [0, 0.05) is 0 Å². The van der Waals surface area contributed by atoms with E-state index in [1.54, 1.807) is 5.43 Å². The van der Waals surface area contributed by atoms with Gasteiger partial charge < -0.3 is 10.2 Å². The average Bonchev–Trinajstić information content (AvgIpc) is 1.84. The molecule has 0 aromatic heterocycles. The fraction of sp³-hybridized carbons (Fsp3) is 0.750. The van der Waals surface area contributed by atoms with E-state index >= 15 is 0 Å². The third kappa shape index (κ3) is 2.41. The van der Waals surface area contributed by atoms with Crippen LogP contribution in [0.25, 0.3) is 0 Å². The summed E-state index contributed by atoms with van der Waals surface area (Å²) in [6.45, 7) is 1.29. The third-order valence-corrected chi connectivity index (χ3v) is 0.868. The molecule has 0 fully saturated rings. The van der Waals surface area contributed by atoms with Gasteiger partial charge in [0.25, 0.3) is 5.91 Å². The van der Waals surface area contributed by atoms with Crippen molar-refractivity contribution in [1.29, 1.82) is 0 Å². The van der Waals surface area contributed by atoms with Crippen LogP contribution in [-0.2, 0) is 4.79 Å². The van der Waals surface area contributed by atoms with Gasteiger partial charge in [0.05, 0.1) is 6.10 Å². The van der Waals surface area contributed by atoms with Crippen molar-refractivity contribution in [3.8, 4) is 0 Å². The smallest absolute Gasteiger partial charge is 0.265 e. The molecule has 0 unspecified atom stereocenters. The molecular weight excluding hydrogens is 124 g/mol. The summed E-state index contributed by atoms with van der Waals surface area (Å²) >= 11 is 0. The van der Waals surface area contributed by atoms with Crippen molar-refractivity contribution in [2.24, 2.45) is 5.84 Å². The zero-order valence-electron chi connectivity index (χ0n) is 5.03. The lowest BCUT2D eigenvalue weighted by Gasteiger charge is -2.09. The maximum absolute atomic E-state index is 10.3. The van der Waals surface area contributed by atoms with E-state index in [1.807, 2.05) is 0 Å². The molecule has 0 spiro atoms. The third-order valence-electron chi connectivity index (χ3n) is 0.868. The minimum Gasteiger partial charge on any atom is -0.390 e. The number of aliphatic hydroxyl groups excluding tert-OH is 2. The maximum atomic E-state index is 10.3. The number of nitrogens with two attached hydrogens (primary N) is 1. The first kappa shape index (κ1) is 8.35. The van der Waals surface area contributed by atoms with Crippen molar-refractivity contribution in [1.82, 2.24) is 5.43 Å². The maximum Gasteiger partial charge on any atom is 0.265 e. The Morgan fingerprint density at radius 3 is 2.22 bits per heavy atom. The summed E-state index contributed by atoms with van der Waals surface area (Å²) in [6.07, 6.45) is -2.52. The monoisotopic (exact) mass is 134 g/mol. The minimum absolute atomic E-state index is 0.787. The van der Waals surface area contributed by atoms with Crippen LogP contribution in [0.2, 0.25) is 0 Å². The summed E-state index contributed by atoms with van der Waals surface area (Å²) < 4.78 is 0. The van der Waals surface area contributed by atoms with Gasteiger partial charge in [0.15, 0.2) is 6.10 Å². The number of carbonyl (C=O) groups excluding carboxylic acids is 1. The van der Waals surface area contributed by atoms with E-state index in [9.17, 15) is 4.79 Å². The molecule has 0 aliphatic carbocycles. The summed E-state index contributed by atoms with van der Waals surface area (Å²) in [5.41, 5.74) is 1.70. The molecule has 0 saturated carbocycles. The van der Waals surface area contributed by atoms with Gasteiger partial charge in [-0.15, -0.1) is 0 Å². The Labute approximate surface area is 52.4 Å². The van der Waals surface area contributed by atoms with Crippen LogP contribution < -0.4 is 11.3 Å². The Morgan fingerprint density at radius 2 is 2.11 bits per heavy atom. The molecule has 0 bridgehead atoms. The first-order valence-electron chi connectivity index (χ1n) is 2.46. The SMILES string of the molecule is C[C@@H](O)[C@H](O)C(=O)NN. The van der Waals surface area contributed by atoms with Crippen molar-refractivity contribution in [2.45, 2.75) is 19.1 Å². The van der Waals surface area contributed by atoms with Gasteiger partial charge in [-0.25, -0.2) is 5.84 Å². The Bertz CT molecular complexity index is 104. The lowest BCUT2D eigenvalue weighted by Crippen LogP contribution is -2.44. The Kier molecular flexibility index (Phi) is 3.15. The van der Waals surface area contributed by atoms with E-state index in [4.69, 9.17) is 10.2 Å². The molecule has 1 amide bonds. The van der Waals surface area contributed by atoms with Crippen LogP contribution in [-0.4, -0.2) is 28.3 Å². The zero-order chi connectivity index (χ0) is 7.44. The average molecular weight is 134 g/mol. The van der Waals surface area contributed by atoms with E-state index in [0.29, 0.717) is 0 Å². The molecule has 54 valence electrons. The highest BCUT2D eigenvalue weighted by molar-refractivity contribution is 5.80. The number of hydrazine groups is 1. The van der Waals surface area contributed by atoms with Gasteiger partial charge >= 0.3 is 0 Å². The number of aliphatic hydroxyl groups is 2. The van der Waals surface area contributed by atoms with Crippen LogP contribution in [0.3, 0.4) is 0 Å². The summed E-state index contributed by atoms with van der Waals surface area (Å²) in [5, 5.41) is 17.2. The van der Waals surface area contributed by atoms with Gasteiger partial charge in [-0.1, -0.05) is 0 Å². The molecule has 5 heteroatoms. The van der Waals surface area contributed by atoms with Gasteiger partial charge in [-0.3, -0.25) is 10.2 Å². The lowest BCUT2D eigenvalue weighted by molar-refractivity contribution is -0.134. The normalized spacial score (nSPS) is 16.4. The number of nitrogens with one attached hydrogen (secondary N) is 1. The van der Waals surface area contributed by atoms with Crippen LogP contribution in [0.1, 0.15) is 6.92 Å². The second-order valence-electron chi connectivity index (χ2n) is 1.69. The van der Waals surface area contributed by atoms with Crippen molar-refractivity contribution < 1.29 is 15.0 Å². The van der Waals surface area contributed by atoms with Crippen LogP contribution in [0.4, 0.5) is 0 Å². The molecule has 9 heavy (non-hydrogen) atoms. The molecule has 0 aliphatic heterocycles. The van der Waals surface area contributed by atoms with Gasteiger partial charge in [-0.05, 0) is 6.92 Å². The Hall–Kier alpha value is -0.650. The highest BCUT2D eigenvalue weighted by Crippen LogP contribution is 1.89. The fourth-order valence-electron chi connectivity index (χ4n) is 0.304. The molecule has 5 nitrogen and oxygen atoms in total. The van der Waals surface area contributed by atoms with Crippen LogP contribution in [0.5, 0.6) is 0 Å². The molecule has 0 heterocycles. The molecule has 0 saturated heterocycles. The molecule has 2 atom stereocenters. The second-order valence-corrected chi connectivity index (χ2v) is 1.69. The lowest BCUT2D eigenvalue weighted by atomic mass is 10.2. The largest absolute Gasteiger partial charge is 0.390 e. The molecule has 5 N–H and O–H groups in total. The first-order valence-corrected chi connectivity index (χ1v) is 2.46. The second kappa shape index (κ2) is 3.39.